The van der Waals surface area contributed by atoms with E-state index in [1.807, 2.05) is 6.07 Å². The molecule has 0 aliphatic carbocycles. The lowest BCUT2D eigenvalue weighted by atomic mass is 9.93. The smallest absolute Gasteiger partial charge is 0.0788 e. The molecule has 0 heterocycles. The topological polar surface area (TPSA) is 21.3 Å². The molecule has 0 spiro atoms. The van der Waals surface area contributed by atoms with Crippen LogP contribution in [-0.4, -0.2) is 19.8 Å². The first-order valence-corrected chi connectivity index (χ1v) is 6.01. The monoisotopic (exact) mass is 221 g/mol. The fourth-order valence-corrected chi connectivity index (χ4v) is 2.10. The molecule has 16 heavy (non-hydrogen) atoms. The van der Waals surface area contributed by atoms with Crippen LogP contribution in [0.5, 0.6) is 0 Å². The summed E-state index contributed by atoms with van der Waals surface area (Å²) in [6, 6.07) is 10.8. The number of hydrogen-bond acceptors (Lipinski definition) is 2. The van der Waals surface area contributed by atoms with Gasteiger partial charge >= 0.3 is 0 Å². The van der Waals surface area contributed by atoms with Crippen molar-refractivity contribution in [2.24, 2.45) is 5.92 Å². The van der Waals surface area contributed by atoms with Gasteiger partial charge in [-0.3, -0.25) is 0 Å². The first-order valence-electron chi connectivity index (χ1n) is 6.01. The van der Waals surface area contributed by atoms with Crippen LogP contribution in [0.15, 0.2) is 30.3 Å². The van der Waals surface area contributed by atoms with Gasteiger partial charge in [0.25, 0.3) is 0 Å². The molecule has 2 atom stereocenters. The van der Waals surface area contributed by atoms with Crippen LogP contribution in [0.2, 0.25) is 0 Å². The van der Waals surface area contributed by atoms with E-state index in [1.54, 1.807) is 7.11 Å². The summed E-state index contributed by atoms with van der Waals surface area (Å²) < 4.78 is 5.62. The molecule has 1 N–H and O–H groups in total. The Kier molecular flexibility index (Phi) is 5.50. The quantitative estimate of drug-likeness (QED) is 0.797. The second kappa shape index (κ2) is 6.66. The lowest BCUT2D eigenvalue weighted by Gasteiger charge is -2.30. The van der Waals surface area contributed by atoms with Gasteiger partial charge in [0.2, 0.25) is 0 Å². The highest BCUT2D eigenvalue weighted by molar-refractivity contribution is 5.20. The summed E-state index contributed by atoms with van der Waals surface area (Å²) in [5.41, 5.74) is 1.30. The molecule has 1 aromatic rings. The maximum absolute atomic E-state index is 5.62. The van der Waals surface area contributed by atoms with Crippen molar-refractivity contribution >= 4 is 0 Å². The lowest BCUT2D eigenvalue weighted by molar-refractivity contribution is 0.0331. The van der Waals surface area contributed by atoms with Gasteiger partial charge < -0.3 is 10.1 Å². The lowest BCUT2D eigenvalue weighted by Crippen LogP contribution is -2.36. The number of ether oxygens (including phenoxy) is 1. The number of methoxy groups -OCH3 is 1. The van der Waals surface area contributed by atoms with Gasteiger partial charge in [-0.1, -0.05) is 51.1 Å². The van der Waals surface area contributed by atoms with Gasteiger partial charge in [-0.25, -0.2) is 0 Å². The molecule has 90 valence electrons. The molecular weight excluding hydrogens is 198 g/mol. The van der Waals surface area contributed by atoms with Crippen molar-refractivity contribution in [3.63, 3.8) is 0 Å². The van der Waals surface area contributed by atoms with Crippen molar-refractivity contribution in [2.45, 2.75) is 32.9 Å². The minimum absolute atomic E-state index is 0.211. The molecular formula is C14H23NO. The van der Waals surface area contributed by atoms with Crippen LogP contribution in [0, 0.1) is 5.92 Å². The largest absolute Gasteiger partial charge is 0.379 e. The normalized spacial score (nSPS) is 15.1. The molecule has 1 rings (SSSR count). The fourth-order valence-electron chi connectivity index (χ4n) is 2.10. The standard InChI is InChI=1S/C14H23NO/c1-5-15-13(14(16-4)11(2)3)12-9-7-6-8-10-12/h6-11,13-15H,5H2,1-4H3. The summed E-state index contributed by atoms with van der Waals surface area (Å²) in [6.07, 6.45) is 0.211. The Morgan fingerprint density at radius 1 is 1.19 bits per heavy atom. The van der Waals surface area contributed by atoms with E-state index >= 15 is 0 Å². The Morgan fingerprint density at radius 3 is 2.25 bits per heavy atom. The van der Waals surface area contributed by atoms with E-state index in [0.717, 1.165) is 6.54 Å². The highest BCUT2D eigenvalue weighted by Crippen LogP contribution is 2.24. The van der Waals surface area contributed by atoms with Crippen molar-refractivity contribution < 1.29 is 4.74 Å². The minimum Gasteiger partial charge on any atom is -0.379 e. The number of likely N-dealkylation sites (N-methyl/N-ethyl adjacent to an activating group) is 1. The van der Waals surface area contributed by atoms with Gasteiger partial charge in [0.1, 0.15) is 0 Å². The van der Waals surface area contributed by atoms with Crippen LogP contribution in [0.4, 0.5) is 0 Å². The van der Waals surface area contributed by atoms with Crippen LogP contribution in [0.25, 0.3) is 0 Å². The van der Waals surface area contributed by atoms with Gasteiger partial charge in [-0.05, 0) is 18.0 Å². The summed E-state index contributed by atoms with van der Waals surface area (Å²) in [5.74, 6) is 0.495. The van der Waals surface area contributed by atoms with Crippen molar-refractivity contribution in [3.8, 4) is 0 Å². The van der Waals surface area contributed by atoms with Crippen molar-refractivity contribution in [1.29, 1.82) is 0 Å². The fraction of sp³-hybridized carbons (Fsp3) is 0.571. The molecule has 2 unspecified atom stereocenters. The molecule has 1 aromatic carbocycles. The third-order valence-electron chi connectivity index (χ3n) is 2.84. The zero-order valence-corrected chi connectivity index (χ0v) is 10.7. The van der Waals surface area contributed by atoms with Gasteiger partial charge in [0.15, 0.2) is 0 Å². The molecule has 2 nitrogen and oxygen atoms in total. The Morgan fingerprint density at radius 2 is 1.81 bits per heavy atom. The summed E-state index contributed by atoms with van der Waals surface area (Å²) >= 11 is 0. The van der Waals surface area contributed by atoms with Crippen molar-refractivity contribution in [2.75, 3.05) is 13.7 Å². The van der Waals surface area contributed by atoms with E-state index in [9.17, 15) is 0 Å². The predicted molar refractivity (Wildman–Crippen MR) is 68.5 cm³/mol. The van der Waals surface area contributed by atoms with E-state index in [0.29, 0.717) is 5.92 Å². The second-order valence-electron chi connectivity index (χ2n) is 4.39. The Labute approximate surface area is 99.0 Å². The predicted octanol–water partition coefficient (Wildman–Crippen LogP) is 3.01. The molecule has 0 bridgehead atoms. The van der Waals surface area contributed by atoms with Crippen molar-refractivity contribution in [3.05, 3.63) is 35.9 Å². The maximum atomic E-state index is 5.62. The molecule has 0 fully saturated rings. The van der Waals surface area contributed by atoms with Gasteiger partial charge in [-0.2, -0.15) is 0 Å². The van der Waals surface area contributed by atoms with Crippen LogP contribution < -0.4 is 5.32 Å². The number of nitrogens with one attached hydrogen (secondary N) is 1. The Balaban J connectivity index is 2.89. The summed E-state index contributed by atoms with van der Waals surface area (Å²) in [6.45, 7) is 7.47. The highest BCUT2D eigenvalue weighted by atomic mass is 16.5. The maximum Gasteiger partial charge on any atom is 0.0788 e. The van der Waals surface area contributed by atoms with E-state index in [2.05, 4.69) is 50.4 Å². The molecule has 2 heteroatoms. The number of rotatable bonds is 6. The third-order valence-corrected chi connectivity index (χ3v) is 2.84. The SMILES string of the molecule is CCNC(c1ccccc1)C(OC)C(C)C. The average molecular weight is 221 g/mol. The summed E-state index contributed by atoms with van der Waals surface area (Å²) in [7, 11) is 1.79. The average Bonchev–Trinajstić information content (AvgIpc) is 2.29. The first-order chi connectivity index (χ1) is 7.70. The Hall–Kier alpha value is -0.860. The second-order valence-corrected chi connectivity index (χ2v) is 4.39. The van der Waals surface area contributed by atoms with E-state index in [4.69, 9.17) is 4.74 Å². The Bertz CT molecular complexity index is 284. The van der Waals surface area contributed by atoms with Crippen molar-refractivity contribution in [1.82, 2.24) is 5.32 Å². The van der Waals surface area contributed by atoms with E-state index in [-0.39, 0.29) is 12.1 Å². The molecule has 0 aromatic heterocycles. The van der Waals surface area contributed by atoms with Gasteiger partial charge in [0.05, 0.1) is 12.1 Å². The van der Waals surface area contributed by atoms with Crippen LogP contribution in [-0.2, 0) is 4.74 Å². The van der Waals surface area contributed by atoms with E-state index < -0.39 is 0 Å². The highest BCUT2D eigenvalue weighted by Gasteiger charge is 2.24. The first kappa shape index (κ1) is 13.2. The molecule has 0 amide bonds. The summed E-state index contributed by atoms with van der Waals surface area (Å²) in [4.78, 5) is 0. The molecule has 0 saturated heterocycles. The van der Waals surface area contributed by atoms with Crippen LogP contribution in [0.3, 0.4) is 0 Å². The van der Waals surface area contributed by atoms with Crippen LogP contribution >= 0.6 is 0 Å². The number of benzene rings is 1. The molecule has 0 aliphatic heterocycles. The zero-order chi connectivity index (χ0) is 12.0. The molecule has 0 aliphatic rings. The minimum atomic E-state index is 0.211. The third kappa shape index (κ3) is 3.32. The van der Waals surface area contributed by atoms with E-state index in [1.165, 1.54) is 5.56 Å². The molecule has 0 radical (unpaired) electrons. The summed E-state index contributed by atoms with van der Waals surface area (Å²) in [5, 5.41) is 3.51. The van der Waals surface area contributed by atoms with Crippen LogP contribution in [0.1, 0.15) is 32.4 Å². The molecule has 0 saturated carbocycles. The van der Waals surface area contributed by atoms with Gasteiger partial charge in [0, 0.05) is 7.11 Å². The zero-order valence-electron chi connectivity index (χ0n) is 10.7. The number of hydrogen-bond donors (Lipinski definition) is 1. The van der Waals surface area contributed by atoms with Gasteiger partial charge in [-0.15, -0.1) is 0 Å².